The van der Waals surface area contributed by atoms with Crippen LogP contribution in [0.25, 0.3) is 0 Å². The molecule has 1 aliphatic heterocycles. The van der Waals surface area contributed by atoms with Crippen LogP contribution in [0.5, 0.6) is 0 Å². The van der Waals surface area contributed by atoms with E-state index >= 15 is 0 Å². The van der Waals surface area contributed by atoms with Gasteiger partial charge in [-0.2, -0.15) is 0 Å². The molecule has 2 heterocycles. The first-order valence-corrected chi connectivity index (χ1v) is 7.23. The van der Waals surface area contributed by atoms with Gasteiger partial charge in [-0.3, -0.25) is 14.9 Å². The fourth-order valence-corrected chi connectivity index (χ4v) is 2.93. The molecule has 2 amide bonds. The summed E-state index contributed by atoms with van der Waals surface area (Å²) in [7, 11) is 0. The lowest BCUT2D eigenvalue weighted by molar-refractivity contribution is -0.132. The van der Waals surface area contributed by atoms with E-state index in [0.29, 0.717) is 6.04 Å². The summed E-state index contributed by atoms with van der Waals surface area (Å²) < 4.78 is 0. The number of aromatic nitrogens is 1. The topological polar surface area (TPSA) is 74.3 Å². The van der Waals surface area contributed by atoms with Gasteiger partial charge >= 0.3 is 0 Å². The van der Waals surface area contributed by atoms with Crippen LogP contribution < -0.4 is 15.5 Å². The molecule has 2 fully saturated rings. The van der Waals surface area contributed by atoms with Crippen LogP contribution in [0, 0.1) is 0 Å². The van der Waals surface area contributed by atoms with Gasteiger partial charge in [-0.15, -0.1) is 11.3 Å². The molecule has 0 bridgehead atoms. The van der Waals surface area contributed by atoms with E-state index in [2.05, 4.69) is 15.6 Å². The normalized spacial score (nSPS) is 23.6. The monoisotopic (exact) mass is 280 g/mol. The standard InChI is InChI=1S/C12H16N4O2S/c1-7-11(18)15-10(17)6-16(7)12-14-5-9(19-12)4-13-8-2-3-8/h5,7-8,13H,2-4,6H2,1H3,(H,15,17,18). The molecule has 19 heavy (non-hydrogen) atoms. The molecule has 3 rings (SSSR count). The summed E-state index contributed by atoms with van der Waals surface area (Å²) >= 11 is 1.54. The number of amides is 2. The molecule has 2 N–H and O–H groups in total. The highest BCUT2D eigenvalue weighted by Gasteiger charge is 2.32. The van der Waals surface area contributed by atoms with E-state index in [1.54, 1.807) is 11.8 Å². The van der Waals surface area contributed by atoms with Crippen molar-refractivity contribution < 1.29 is 9.59 Å². The molecule has 2 aliphatic rings. The zero-order valence-electron chi connectivity index (χ0n) is 10.7. The molecule has 1 aliphatic carbocycles. The van der Waals surface area contributed by atoms with Gasteiger partial charge in [0.1, 0.15) is 12.6 Å². The van der Waals surface area contributed by atoms with Crippen molar-refractivity contribution >= 4 is 28.3 Å². The minimum atomic E-state index is -0.354. The molecule has 102 valence electrons. The van der Waals surface area contributed by atoms with E-state index in [4.69, 9.17) is 0 Å². The van der Waals surface area contributed by atoms with Gasteiger partial charge in [0.05, 0.1) is 0 Å². The third-order valence-electron chi connectivity index (χ3n) is 3.35. The van der Waals surface area contributed by atoms with Gasteiger partial charge in [0.25, 0.3) is 0 Å². The van der Waals surface area contributed by atoms with Crippen LogP contribution in [0.1, 0.15) is 24.6 Å². The number of imide groups is 1. The number of hydrogen-bond donors (Lipinski definition) is 2. The Kier molecular flexibility index (Phi) is 3.24. The lowest BCUT2D eigenvalue weighted by atomic mass is 10.2. The molecule has 6 nitrogen and oxygen atoms in total. The quantitative estimate of drug-likeness (QED) is 0.773. The fraction of sp³-hybridized carbons (Fsp3) is 0.583. The number of nitrogens with zero attached hydrogens (tertiary/aromatic N) is 2. The number of nitrogens with one attached hydrogen (secondary N) is 2. The Bertz CT molecular complexity index is 512. The van der Waals surface area contributed by atoms with Crippen molar-refractivity contribution in [3.63, 3.8) is 0 Å². The smallest absolute Gasteiger partial charge is 0.249 e. The van der Waals surface area contributed by atoms with E-state index in [9.17, 15) is 9.59 Å². The summed E-state index contributed by atoms with van der Waals surface area (Å²) in [5.41, 5.74) is 0. The van der Waals surface area contributed by atoms with E-state index in [1.807, 2.05) is 6.20 Å². The zero-order chi connectivity index (χ0) is 13.4. The SMILES string of the molecule is CC1C(=O)NC(=O)CN1c1ncc(CNC2CC2)s1. The molecule has 1 atom stereocenters. The van der Waals surface area contributed by atoms with E-state index in [-0.39, 0.29) is 24.4 Å². The molecule has 0 spiro atoms. The van der Waals surface area contributed by atoms with E-state index in [0.717, 1.165) is 16.6 Å². The Hall–Kier alpha value is -1.47. The van der Waals surface area contributed by atoms with Gasteiger partial charge in [-0.1, -0.05) is 0 Å². The van der Waals surface area contributed by atoms with Crippen LogP contribution in [0.15, 0.2) is 6.20 Å². The Morgan fingerprint density at radius 3 is 3.05 bits per heavy atom. The molecule has 1 unspecified atom stereocenters. The summed E-state index contributed by atoms with van der Waals surface area (Å²) in [6, 6.07) is 0.305. The third kappa shape index (κ3) is 2.76. The Labute approximate surface area is 115 Å². The van der Waals surface area contributed by atoms with Crippen LogP contribution in [0.3, 0.4) is 0 Å². The van der Waals surface area contributed by atoms with Gasteiger partial charge in [-0.25, -0.2) is 4.98 Å². The fourth-order valence-electron chi connectivity index (χ4n) is 1.99. The molecule has 1 aromatic rings. The zero-order valence-corrected chi connectivity index (χ0v) is 11.5. The van der Waals surface area contributed by atoms with Crippen molar-refractivity contribution in [3.8, 4) is 0 Å². The molecule has 1 aromatic heterocycles. The minimum absolute atomic E-state index is 0.190. The highest BCUT2D eigenvalue weighted by atomic mass is 32.1. The first-order valence-electron chi connectivity index (χ1n) is 6.42. The van der Waals surface area contributed by atoms with Gasteiger partial charge in [0.2, 0.25) is 11.8 Å². The van der Waals surface area contributed by atoms with Crippen LogP contribution in [0.2, 0.25) is 0 Å². The van der Waals surface area contributed by atoms with Crippen molar-refractivity contribution in [2.45, 2.75) is 38.4 Å². The second-order valence-electron chi connectivity index (χ2n) is 4.98. The summed E-state index contributed by atoms with van der Waals surface area (Å²) in [4.78, 5) is 30.3. The lowest BCUT2D eigenvalue weighted by Crippen LogP contribution is -2.57. The van der Waals surface area contributed by atoms with Gasteiger partial charge in [0.15, 0.2) is 5.13 Å². The maximum atomic E-state index is 11.6. The Morgan fingerprint density at radius 1 is 1.53 bits per heavy atom. The van der Waals surface area contributed by atoms with Crippen molar-refractivity contribution in [2.75, 3.05) is 11.4 Å². The molecule has 1 saturated carbocycles. The van der Waals surface area contributed by atoms with Crippen molar-refractivity contribution in [2.24, 2.45) is 0 Å². The summed E-state index contributed by atoms with van der Waals surface area (Å²) in [5, 5.41) is 6.49. The summed E-state index contributed by atoms with van der Waals surface area (Å²) in [6.45, 7) is 2.78. The minimum Gasteiger partial charge on any atom is -0.327 e. The second-order valence-corrected chi connectivity index (χ2v) is 6.07. The third-order valence-corrected chi connectivity index (χ3v) is 4.39. The van der Waals surface area contributed by atoms with Crippen LogP contribution in [-0.2, 0) is 16.1 Å². The van der Waals surface area contributed by atoms with Gasteiger partial charge in [-0.05, 0) is 19.8 Å². The largest absolute Gasteiger partial charge is 0.327 e. The highest BCUT2D eigenvalue weighted by Crippen LogP contribution is 2.26. The molecule has 1 saturated heterocycles. The van der Waals surface area contributed by atoms with Crippen LogP contribution >= 0.6 is 11.3 Å². The second kappa shape index (κ2) is 4.90. The molecule has 7 heteroatoms. The highest BCUT2D eigenvalue weighted by molar-refractivity contribution is 7.15. The van der Waals surface area contributed by atoms with Gasteiger partial charge in [0, 0.05) is 23.7 Å². The number of rotatable bonds is 4. The Balaban J connectivity index is 1.69. The van der Waals surface area contributed by atoms with E-state index in [1.165, 1.54) is 24.2 Å². The van der Waals surface area contributed by atoms with Crippen molar-refractivity contribution in [1.29, 1.82) is 0 Å². The first kappa shape index (κ1) is 12.6. The number of hydrogen-bond acceptors (Lipinski definition) is 6. The van der Waals surface area contributed by atoms with Crippen LogP contribution in [0.4, 0.5) is 5.13 Å². The average Bonchev–Trinajstić information content (AvgIpc) is 3.09. The number of carbonyl (C=O) groups is 2. The molecular formula is C12H16N4O2S. The van der Waals surface area contributed by atoms with Gasteiger partial charge < -0.3 is 10.2 Å². The summed E-state index contributed by atoms with van der Waals surface area (Å²) in [5.74, 6) is -0.528. The summed E-state index contributed by atoms with van der Waals surface area (Å²) in [6.07, 6.45) is 4.33. The number of thiazole rings is 1. The number of anilines is 1. The van der Waals surface area contributed by atoms with Crippen molar-refractivity contribution in [3.05, 3.63) is 11.1 Å². The lowest BCUT2D eigenvalue weighted by Gasteiger charge is -2.31. The Morgan fingerprint density at radius 2 is 2.32 bits per heavy atom. The predicted molar refractivity (Wildman–Crippen MR) is 71.9 cm³/mol. The first-order chi connectivity index (χ1) is 9.13. The van der Waals surface area contributed by atoms with E-state index < -0.39 is 0 Å². The molecule has 0 radical (unpaired) electrons. The number of piperazine rings is 1. The van der Waals surface area contributed by atoms with Crippen molar-refractivity contribution in [1.82, 2.24) is 15.6 Å². The maximum absolute atomic E-state index is 11.6. The molecule has 0 aromatic carbocycles. The molecular weight excluding hydrogens is 264 g/mol. The predicted octanol–water partition coefficient (Wildman–Crippen LogP) is 0.246. The average molecular weight is 280 g/mol. The van der Waals surface area contributed by atoms with Crippen LogP contribution in [-0.4, -0.2) is 35.4 Å². The maximum Gasteiger partial charge on any atom is 0.249 e. The number of carbonyl (C=O) groups excluding carboxylic acids is 2.